The van der Waals surface area contributed by atoms with Crippen molar-refractivity contribution in [3.63, 3.8) is 0 Å². The molecule has 0 saturated heterocycles. The van der Waals surface area contributed by atoms with Crippen molar-refractivity contribution in [2.75, 3.05) is 37.5 Å². The lowest BCUT2D eigenvalue weighted by Crippen LogP contribution is -2.19. The third-order valence-corrected chi connectivity index (χ3v) is 1.77. The first-order chi connectivity index (χ1) is 7.65. The summed E-state index contributed by atoms with van der Waals surface area (Å²) >= 11 is 0. The molecule has 16 heavy (non-hydrogen) atoms. The largest absolute Gasteiger partial charge is 0.447 e. The molecule has 0 aliphatic rings. The van der Waals surface area contributed by atoms with Crippen molar-refractivity contribution in [2.24, 2.45) is 0 Å². The number of carbonyl (C=O) groups is 1. The Morgan fingerprint density at radius 3 is 3.00 bits per heavy atom. The molecule has 2 N–H and O–H groups in total. The van der Waals surface area contributed by atoms with E-state index in [2.05, 4.69) is 15.0 Å². The summed E-state index contributed by atoms with van der Waals surface area (Å²) < 4.78 is 4.68. The predicted molar refractivity (Wildman–Crippen MR) is 60.6 cm³/mol. The number of hydrogen-bond donors (Lipinski definition) is 2. The highest BCUT2D eigenvalue weighted by atomic mass is 16.6. The van der Waals surface area contributed by atoms with Crippen LogP contribution in [0.3, 0.4) is 0 Å². The number of nitrogens with one attached hydrogen (secondary N) is 1. The van der Waals surface area contributed by atoms with E-state index in [9.17, 15) is 4.79 Å². The number of hydrogen-bond acceptors (Lipinski definition) is 5. The molecule has 0 aliphatic heterocycles. The quantitative estimate of drug-likeness (QED) is 0.788. The average Bonchev–Trinajstić information content (AvgIpc) is 2.27. The van der Waals surface area contributed by atoms with Gasteiger partial charge in [0.25, 0.3) is 0 Å². The molecule has 0 spiro atoms. The number of anilines is 2. The van der Waals surface area contributed by atoms with Gasteiger partial charge in [-0.2, -0.15) is 0 Å². The highest BCUT2D eigenvalue weighted by molar-refractivity contribution is 5.88. The van der Waals surface area contributed by atoms with Crippen LogP contribution >= 0.6 is 0 Å². The van der Waals surface area contributed by atoms with Crippen LogP contribution in [0.1, 0.15) is 0 Å². The van der Waals surface area contributed by atoms with E-state index in [1.54, 1.807) is 23.2 Å². The number of pyridine rings is 1. The van der Waals surface area contributed by atoms with Crippen LogP contribution in [0, 0.1) is 0 Å². The second kappa shape index (κ2) is 5.92. The predicted octanol–water partition coefficient (Wildman–Crippen LogP) is 0.688. The van der Waals surface area contributed by atoms with Gasteiger partial charge in [-0.3, -0.25) is 5.32 Å². The molecule has 0 aliphatic carbocycles. The first-order valence-corrected chi connectivity index (χ1v) is 4.82. The molecule has 1 amide bonds. The molecule has 6 heteroatoms. The number of carbonyl (C=O) groups excluding carboxylic acids is 1. The average molecular weight is 225 g/mol. The molecule has 0 atom stereocenters. The smallest absolute Gasteiger partial charge is 0.411 e. The van der Waals surface area contributed by atoms with E-state index in [0.29, 0.717) is 11.5 Å². The van der Waals surface area contributed by atoms with Crippen LogP contribution in [0.4, 0.5) is 16.3 Å². The standard InChI is InChI=1S/C10H15N3O3/c1-13(2)9-8(4-3-5-11-9)12-10(15)16-7-6-14/h3-5,14H,6-7H2,1-2H3,(H,12,15). The molecule has 0 unspecified atom stereocenters. The zero-order chi connectivity index (χ0) is 12.0. The fourth-order valence-electron chi connectivity index (χ4n) is 1.14. The van der Waals surface area contributed by atoms with Crippen molar-refractivity contribution >= 4 is 17.6 Å². The lowest BCUT2D eigenvalue weighted by molar-refractivity contribution is 0.131. The highest BCUT2D eigenvalue weighted by Gasteiger charge is 2.09. The lowest BCUT2D eigenvalue weighted by Gasteiger charge is -2.15. The van der Waals surface area contributed by atoms with Crippen LogP contribution in [0.5, 0.6) is 0 Å². The van der Waals surface area contributed by atoms with Gasteiger partial charge in [0.15, 0.2) is 5.82 Å². The Labute approximate surface area is 93.9 Å². The van der Waals surface area contributed by atoms with Crippen LogP contribution < -0.4 is 10.2 Å². The van der Waals surface area contributed by atoms with Gasteiger partial charge in [0, 0.05) is 20.3 Å². The summed E-state index contributed by atoms with van der Waals surface area (Å²) in [6, 6.07) is 3.44. The summed E-state index contributed by atoms with van der Waals surface area (Å²) in [5.74, 6) is 0.642. The van der Waals surface area contributed by atoms with E-state index >= 15 is 0 Å². The zero-order valence-corrected chi connectivity index (χ0v) is 9.30. The third kappa shape index (κ3) is 3.39. The molecule has 88 valence electrons. The summed E-state index contributed by atoms with van der Waals surface area (Å²) in [4.78, 5) is 17.2. The molecule has 1 aromatic rings. The Balaban J connectivity index is 2.69. The molecule has 1 heterocycles. The maximum Gasteiger partial charge on any atom is 0.411 e. The second-order valence-corrected chi connectivity index (χ2v) is 3.25. The number of aliphatic hydroxyl groups is 1. The Morgan fingerprint density at radius 2 is 2.38 bits per heavy atom. The lowest BCUT2D eigenvalue weighted by atomic mass is 10.3. The highest BCUT2D eigenvalue weighted by Crippen LogP contribution is 2.20. The van der Waals surface area contributed by atoms with Crippen LogP contribution in [-0.4, -0.2) is 43.5 Å². The van der Waals surface area contributed by atoms with Crippen molar-refractivity contribution < 1.29 is 14.6 Å². The first-order valence-electron chi connectivity index (χ1n) is 4.82. The molecule has 0 aromatic carbocycles. The molecule has 0 radical (unpaired) electrons. The van der Waals surface area contributed by atoms with Gasteiger partial charge in [0.05, 0.1) is 12.3 Å². The zero-order valence-electron chi connectivity index (χ0n) is 9.30. The molecule has 0 fully saturated rings. The molecular formula is C10H15N3O3. The summed E-state index contributed by atoms with van der Waals surface area (Å²) in [7, 11) is 3.65. The van der Waals surface area contributed by atoms with Crippen molar-refractivity contribution in [3.05, 3.63) is 18.3 Å². The molecular weight excluding hydrogens is 210 g/mol. The number of amides is 1. The first kappa shape index (κ1) is 12.3. The van der Waals surface area contributed by atoms with Gasteiger partial charge in [-0.05, 0) is 12.1 Å². The number of aromatic nitrogens is 1. The Hall–Kier alpha value is -1.82. The van der Waals surface area contributed by atoms with Gasteiger partial charge >= 0.3 is 6.09 Å². The maximum atomic E-state index is 11.3. The van der Waals surface area contributed by atoms with E-state index < -0.39 is 6.09 Å². The molecule has 0 bridgehead atoms. The fraction of sp³-hybridized carbons (Fsp3) is 0.400. The van der Waals surface area contributed by atoms with Crippen molar-refractivity contribution in [1.82, 2.24) is 4.98 Å². The molecule has 0 saturated carbocycles. The van der Waals surface area contributed by atoms with E-state index in [1.807, 2.05) is 14.1 Å². The molecule has 1 aromatic heterocycles. The maximum absolute atomic E-state index is 11.3. The fourth-order valence-corrected chi connectivity index (χ4v) is 1.14. The van der Waals surface area contributed by atoms with E-state index in [-0.39, 0.29) is 13.2 Å². The monoisotopic (exact) mass is 225 g/mol. The summed E-state index contributed by atoms with van der Waals surface area (Å²) in [5.41, 5.74) is 0.565. The van der Waals surface area contributed by atoms with Crippen molar-refractivity contribution in [1.29, 1.82) is 0 Å². The van der Waals surface area contributed by atoms with Gasteiger partial charge < -0.3 is 14.7 Å². The van der Waals surface area contributed by atoms with E-state index in [1.165, 1.54) is 0 Å². The molecule has 1 rings (SSSR count). The van der Waals surface area contributed by atoms with Crippen LogP contribution in [0.15, 0.2) is 18.3 Å². The van der Waals surface area contributed by atoms with Crippen LogP contribution in [0.2, 0.25) is 0 Å². The number of aliphatic hydroxyl groups excluding tert-OH is 1. The van der Waals surface area contributed by atoms with Crippen molar-refractivity contribution in [2.45, 2.75) is 0 Å². The van der Waals surface area contributed by atoms with Gasteiger partial charge in [-0.25, -0.2) is 9.78 Å². The van der Waals surface area contributed by atoms with E-state index in [4.69, 9.17) is 5.11 Å². The number of rotatable bonds is 4. The number of ether oxygens (including phenoxy) is 1. The SMILES string of the molecule is CN(C)c1ncccc1NC(=O)OCCO. The van der Waals surface area contributed by atoms with E-state index in [0.717, 1.165) is 0 Å². The second-order valence-electron chi connectivity index (χ2n) is 3.25. The third-order valence-electron chi connectivity index (χ3n) is 1.77. The van der Waals surface area contributed by atoms with Gasteiger partial charge in [0.2, 0.25) is 0 Å². The molecule has 6 nitrogen and oxygen atoms in total. The van der Waals surface area contributed by atoms with Crippen LogP contribution in [-0.2, 0) is 4.74 Å². The Morgan fingerprint density at radius 1 is 1.62 bits per heavy atom. The van der Waals surface area contributed by atoms with Gasteiger partial charge in [-0.15, -0.1) is 0 Å². The van der Waals surface area contributed by atoms with Crippen LogP contribution in [0.25, 0.3) is 0 Å². The normalized spacial score (nSPS) is 9.69. The minimum atomic E-state index is -0.606. The summed E-state index contributed by atoms with van der Waals surface area (Å²) in [6.07, 6.45) is 1.03. The topological polar surface area (TPSA) is 74.7 Å². The number of nitrogens with zero attached hydrogens (tertiary/aromatic N) is 2. The Bertz CT molecular complexity index is 355. The minimum Gasteiger partial charge on any atom is -0.447 e. The van der Waals surface area contributed by atoms with Gasteiger partial charge in [-0.1, -0.05) is 0 Å². The summed E-state index contributed by atoms with van der Waals surface area (Å²) in [5, 5.41) is 11.0. The van der Waals surface area contributed by atoms with Gasteiger partial charge in [0.1, 0.15) is 6.61 Å². The summed E-state index contributed by atoms with van der Waals surface area (Å²) in [6.45, 7) is -0.218. The van der Waals surface area contributed by atoms with Crippen molar-refractivity contribution in [3.8, 4) is 0 Å². The Kier molecular flexibility index (Phi) is 4.53. The minimum absolute atomic E-state index is 0.0244.